The summed E-state index contributed by atoms with van der Waals surface area (Å²) < 4.78 is 16.5. The maximum atomic E-state index is 13.8. The fourth-order valence-electron chi connectivity index (χ4n) is 4.86. The van der Waals surface area contributed by atoms with Gasteiger partial charge in [0.2, 0.25) is 5.91 Å². The van der Waals surface area contributed by atoms with E-state index in [1.165, 1.54) is 5.01 Å². The zero-order valence-corrected chi connectivity index (χ0v) is 22.8. The van der Waals surface area contributed by atoms with E-state index in [1.54, 1.807) is 19.1 Å². The van der Waals surface area contributed by atoms with E-state index in [0.717, 1.165) is 35.7 Å². The number of hydrogen-bond donors (Lipinski definition) is 0. The van der Waals surface area contributed by atoms with Gasteiger partial charge in [0, 0.05) is 49.6 Å². The highest BCUT2D eigenvalue weighted by atomic mass is 16.5. The molecule has 38 heavy (non-hydrogen) atoms. The van der Waals surface area contributed by atoms with Crippen LogP contribution < -0.4 is 9.47 Å². The van der Waals surface area contributed by atoms with Gasteiger partial charge in [0.25, 0.3) is 5.91 Å². The van der Waals surface area contributed by atoms with E-state index in [2.05, 4.69) is 4.90 Å². The molecule has 1 fully saturated rings. The Hall–Kier alpha value is -3.43. The van der Waals surface area contributed by atoms with Gasteiger partial charge in [0.15, 0.2) is 0 Å². The molecule has 2 aliphatic rings. The summed E-state index contributed by atoms with van der Waals surface area (Å²) in [6.45, 7) is 7.89. The van der Waals surface area contributed by atoms with Gasteiger partial charge in [-0.1, -0.05) is 44.2 Å². The van der Waals surface area contributed by atoms with Crippen LogP contribution in [-0.4, -0.2) is 92.5 Å². The second-order valence-corrected chi connectivity index (χ2v) is 9.85. The number of carbonyl (C=O) groups is 2. The molecular weight excluding hydrogens is 484 g/mol. The van der Waals surface area contributed by atoms with Crippen LogP contribution in [0.4, 0.5) is 0 Å². The number of carbonyl (C=O) groups excluding carboxylic acids is 2. The van der Waals surface area contributed by atoms with Gasteiger partial charge in [-0.2, -0.15) is 5.10 Å². The first-order chi connectivity index (χ1) is 18.4. The van der Waals surface area contributed by atoms with Crippen molar-refractivity contribution < 1.29 is 23.8 Å². The normalized spacial score (nSPS) is 17.9. The van der Waals surface area contributed by atoms with Crippen molar-refractivity contribution in [2.45, 2.75) is 26.3 Å². The van der Waals surface area contributed by atoms with Crippen LogP contribution in [-0.2, 0) is 14.3 Å². The molecule has 1 atom stereocenters. The average molecular weight is 523 g/mol. The summed E-state index contributed by atoms with van der Waals surface area (Å²) >= 11 is 0. The number of benzene rings is 2. The molecular formula is C29H38N4O5. The van der Waals surface area contributed by atoms with Crippen LogP contribution in [0.15, 0.2) is 53.6 Å². The fraction of sp³-hybridized carbons (Fsp3) is 0.483. The summed E-state index contributed by atoms with van der Waals surface area (Å²) in [5, 5.41) is 6.33. The first-order valence-electron chi connectivity index (χ1n) is 13.2. The van der Waals surface area contributed by atoms with Gasteiger partial charge in [-0.3, -0.25) is 14.5 Å². The van der Waals surface area contributed by atoms with Crippen LogP contribution in [0.1, 0.15) is 37.4 Å². The van der Waals surface area contributed by atoms with Gasteiger partial charge in [-0.25, -0.2) is 5.01 Å². The Bertz CT molecular complexity index is 1150. The summed E-state index contributed by atoms with van der Waals surface area (Å²) in [6.07, 6.45) is 0.519. The summed E-state index contributed by atoms with van der Waals surface area (Å²) in [6, 6.07) is 15.0. The Morgan fingerprint density at radius 1 is 1.08 bits per heavy atom. The van der Waals surface area contributed by atoms with Gasteiger partial charge in [-0.15, -0.1) is 0 Å². The third kappa shape index (κ3) is 6.52. The number of para-hydroxylation sites is 1. The lowest BCUT2D eigenvalue weighted by atomic mass is 9.97. The molecule has 2 amide bonds. The molecule has 2 aliphatic heterocycles. The molecule has 0 bridgehead atoms. The molecule has 2 aromatic carbocycles. The van der Waals surface area contributed by atoms with Crippen LogP contribution in [0.3, 0.4) is 0 Å². The summed E-state index contributed by atoms with van der Waals surface area (Å²) in [4.78, 5) is 30.9. The van der Waals surface area contributed by atoms with Gasteiger partial charge in [-0.05, 0) is 18.2 Å². The van der Waals surface area contributed by atoms with Crippen molar-refractivity contribution in [2.24, 2.45) is 11.0 Å². The van der Waals surface area contributed by atoms with Crippen molar-refractivity contribution in [1.29, 1.82) is 0 Å². The van der Waals surface area contributed by atoms with Crippen LogP contribution in [0.25, 0.3) is 0 Å². The zero-order chi connectivity index (χ0) is 27.1. The largest absolute Gasteiger partial charge is 0.497 e. The Morgan fingerprint density at radius 2 is 1.84 bits per heavy atom. The van der Waals surface area contributed by atoms with Gasteiger partial charge < -0.3 is 19.1 Å². The Morgan fingerprint density at radius 3 is 2.55 bits per heavy atom. The van der Waals surface area contributed by atoms with Crippen LogP contribution in [0, 0.1) is 5.92 Å². The highest BCUT2D eigenvalue weighted by Gasteiger charge is 2.36. The van der Waals surface area contributed by atoms with Crippen molar-refractivity contribution in [3.8, 4) is 11.5 Å². The molecule has 0 N–H and O–H groups in total. The molecule has 0 unspecified atom stereocenters. The maximum Gasteiger partial charge on any atom is 0.262 e. The lowest BCUT2D eigenvalue weighted by Gasteiger charge is -2.32. The predicted molar refractivity (Wildman–Crippen MR) is 145 cm³/mol. The van der Waals surface area contributed by atoms with Crippen LogP contribution in [0.2, 0.25) is 0 Å². The molecule has 0 aromatic heterocycles. The van der Waals surface area contributed by atoms with E-state index in [9.17, 15) is 9.59 Å². The number of hydrogen-bond acceptors (Lipinski definition) is 7. The Labute approximate surface area is 224 Å². The van der Waals surface area contributed by atoms with Gasteiger partial charge in [0.05, 0.1) is 39.2 Å². The number of morpholine rings is 1. The second kappa shape index (κ2) is 12.9. The van der Waals surface area contributed by atoms with E-state index in [0.29, 0.717) is 38.5 Å². The highest BCUT2D eigenvalue weighted by Crippen LogP contribution is 2.37. The minimum absolute atomic E-state index is 0.0398. The number of amides is 2. The third-order valence-electron chi connectivity index (χ3n) is 6.99. The molecule has 204 valence electrons. The number of hydrazone groups is 1. The summed E-state index contributed by atoms with van der Waals surface area (Å²) in [7, 11) is 3.25. The molecule has 0 radical (unpaired) electrons. The maximum absolute atomic E-state index is 13.8. The van der Waals surface area contributed by atoms with E-state index >= 15 is 0 Å². The molecule has 0 aliphatic carbocycles. The minimum Gasteiger partial charge on any atom is -0.497 e. The van der Waals surface area contributed by atoms with E-state index in [-0.39, 0.29) is 30.3 Å². The van der Waals surface area contributed by atoms with Crippen molar-refractivity contribution in [2.75, 3.05) is 60.2 Å². The molecule has 9 heteroatoms. The quantitative estimate of drug-likeness (QED) is 0.477. The first-order valence-corrected chi connectivity index (χ1v) is 13.2. The monoisotopic (exact) mass is 522 g/mol. The SMILES string of the molecule is COc1cccc(C2=NN(C(=O)CN(CCN3CCOCC3)C(=O)C(C)C)[C@H](c3ccccc3OC)C2)c1. The average Bonchev–Trinajstić information content (AvgIpc) is 3.41. The zero-order valence-electron chi connectivity index (χ0n) is 22.8. The summed E-state index contributed by atoms with van der Waals surface area (Å²) in [5.74, 6) is 0.929. The Kier molecular flexibility index (Phi) is 9.36. The van der Waals surface area contributed by atoms with Crippen molar-refractivity contribution in [3.63, 3.8) is 0 Å². The van der Waals surface area contributed by atoms with Gasteiger partial charge >= 0.3 is 0 Å². The smallest absolute Gasteiger partial charge is 0.262 e. The molecule has 2 heterocycles. The van der Waals surface area contributed by atoms with E-state index in [4.69, 9.17) is 19.3 Å². The molecule has 4 rings (SSSR count). The summed E-state index contributed by atoms with van der Waals surface area (Å²) in [5.41, 5.74) is 2.55. The number of rotatable bonds is 10. The molecule has 0 spiro atoms. The van der Waals surface area contributed by atoms with Crippen molar-refractivity contribution >= 4 is 17.5 Å². The molecule has 0 saturated carbocycles. The van der Waals surface area contributed by atoms with Gasteiger partial charge in [0.1, 0.15) is 18.0 Å². The highest BCUT2D eigenvalue weighted by molar-refractivity contribution is 6.03. The van der Waals surface area contributed by atoms with Crippen molar-refractivity contribution in [1.82, 2.24) is 14.8 Å². The number of ether oxygens (including phenoxy) is 3. The topological polar surface area (TPSA) is 83.9 Å². The van der Waals surface area contributed by atoms with Crippen LogP contribution in [0.5, 0.6) is 11.5 Å². The lowest BCUT2D eigenvalue weighted by Crippen LogP contribution is -2.47. The predicted octanol–water partition coefficient (Wildman–Crippen LogP) is 3.20. The number of nitrogens with zero attached hydrogens (tertiary/aromatic N) is 4. The minimum atomic E-state index is -0.352. The molecule has 1 saturated heterocycles. The lowest BCUT2D eigenvalue weighted by molar-refractivity contribution is -0.143. The van der Waals surface area contributed by atoms with Crippen molar-refractivity contribution in [3.05, 3.63) is 59.7 Å². The van der Waals surface area contributed by atoms with Crippen LogP contribution >= 0.6 is 0 Å². The third-order valence-corrected chi connectivity index (χ3v) is 6.99. The second-order valence-electron chi connectivity index (χ2n) is 9.85. The fourth-order valence-corrected chi connectivity index (χ4v) is 4.86. The molecule has 2 aromatic rings. The van der Waals surface area contributed by atoms with E-state index < -0.39 is 0 Å². The Balaban J connectivity index is 1.60. The standard InChI is InChI=1S/C29H38N4O5/c1-21(2)29(35)32(13-12-31-14-16-38-17-15-31)20-28(34)33-26(24-10-5-6-11-27(24)37-4)19-25(30-33)22-8-7-9-23(18-22)36-3/h5-11,18,21,26H,12-17,19-20H2,1-4H3/t26-/m0/s1. The molecule has 9 nitrogen and oxygen atoms in total. The van der Waals surface area contributed by atoms with E-state index in [1.807, 2.05) is 62.4 Å². The number of methoxy groups -OCH3 is 2. The first kappa shape index (κ1) is 27.6.